The standard InChI is InChI=1S/C23H24N2OS.ClH/c1-24-22(16-18-8-4-2-5-9-18)23(26)25-20-12-14-21(15-13-20)27-17-19-10-6-3-7-11-19;/h2-15,22,24H,16-17H2,1H3,(H,25,26);1H/t22-;/m0./s1. The van der Waals surface area contributed by atoms with Gasteiger partial charge in [-0.15, -0.1) is 24.2 Å². The number of benzene rings is 3. The van der Waals surface area contributed by atoms with Gasteiger partial charge in [-0.1, -0.05) is 60.7 Å². The molecule has 3 rings (SSSR count). The molecule has 0 saturated heterocycles. The van der Waals surface area contributed by atoms with Crippen LogP contribution < -0.4 is 10.6 Å². The fourth-order valence-electron chi connectivity index (χ4n) is 2.78. The molecule has 3 nitrogen and oxygen atoms in total. The van der Waals surface area contributed by atoms with Crippen molar-refractivity contribution in [1.29, 1.82) is 0 Å². The van der Waals surface area contributed by atoms with E-state index < -0.39 is 0 Å². The lowest BCUT2D eigenvalue weighted by Crippen LogP contribution is -2.40. The predicted molar refractivity (Wildman–Crippen MR) is 121 cm³/mol. The monoisotopic (exact) mass is 412 g/mol. The smallest absolute Gasteiger partial charge is 0.241 e. The maximum Gasteiger partial charge on any atom is 0.241 e. The van der Waals surface area contributed by atoms with Crippen LogP contribution in [0.2, 0.25) is 0 Å². The molecule has 1 atom stereocenters. The predicted octanol–water partition coefficient (Wildman–Crippen LogP) is 5.17. The quantitative estimate of drug-likeness (QED) is 0.501. The summed E-state index contributed by atoms with van der Waals surface area (Å²) in [5.41, 5.74) is 3.26. The van der Waals surface area contributed by atoms with Gasteiger partial charge in [-0.25, -0.2) is 0 Å². The van der Waals surface area contributed by atoms with Gasteiger partial charge >= 0.3 is 0 Å². The Morgan fingerprint density at radius 2 is 1.43 bits per heavy atom. The molecule has 0 aliphatic rings. The summed E-state index contributed by atoms with van der Waals surface area (Å²) in [5, 5.41) is 6.11. The zero-order valence-electron chi connectivity index (χ0n) is 15.8. The van der Waals surface area contributed by atoms with E-state index in [9.17, 15) is 4.79 Å². The van der Waals surface area contributed by atoms with Crippen LogP contribution in [-0.4, -0.2) is 19.0 Å². The minimum absolute atomic E-state index is 0. The third kappa shape index (κ3) is 6.71. The Kier molecular flexibility index (Phi) is 9.08. The summed E-state index contributed by atoms with van der Waals surface area (Å²) in [6.45, 7) is 0. The highest BCUT2D eigenvalue weighted by molar-refractivity contribution is 7.98. The van der Waals surface area contributed by atoms with Crippen LogP contribution in [0.4, 0.5) is 5.69 Å². The van der Waals surface area contributed by atoms with Gasteiger partial charge in [0.15, 0.2) is 0 Å². The number of hydrogen-bond acceptors (Lipinski definition) is 3. The molecule has 0 aliphatic heterocycles. The van der Waals surface area contributed by atoms with Gasteiger partial charge in [0.25, 0.3) is 0 Å². The summed E-state index contributed by atoms with van der Waals surface area (Å²) in [6.07, 6.45) is 0.661. The number of carbonyl (C=O) groups is 1. The number of carbonyl (C=O) groups excluding carboxylic acids is 1. The minimum Gasteiger partial charge on any atom is -0.325 e. The molecule has 0 fully saturated rings. The molecule has 3 aromatic rings. The number of nitrogens with one attached hydrogen (secondary N) is 2. The minimum atomic E-state index is -0.264. The first-order valence-electron chi connectivity index (χ1n) is 9.03. The number of anilines is 1. The van der Waals surface area contributed by atoms with Crippen LogP contribution in [0.25, 0.3) is 0 Å². The van der Waals surface area contributed by atoms with Gasteiger partial charge in [0.2, 0.25) is 5.91 Å². The number of hydrogen-bond donors (Lipinski definition) is 2. The van der Waals surface area contributed by atoms with Gasteiger partial charge in [0, 0.05) is 16.3 Å². The van der Waals surface area contributed by atoms with E-state index in [1.165, 1.54) is 10.5 Å². The van der Waals surface area contributed by atoms with E-state index in [0.29, 0.717) is 6.42 Å². The molecule has 28 heavy (non-hydrogen) atoms. The topological polar surface area (TPSA) is 41.1 Å². The van der Waals surface area contributed by atoms with Gasteiger partial charge in [0.1, 0.15) is 0 Å². The lowest BCUT2D eigenvalue weighted by Gasteiger charge is -2.16. The van der Waals surface area contributed by atoms with Crippen LogP contribution in [0.5, 0.6) is 0 Å². The second-order valence-corrected chi connectivity index (χ2v) is 7.37. The molecular weight excluding hydrogens is 388 g/mol. The van der Waals surface area contributed by atoms with E-state index in [1.54, 1.807) is 11.8 Å². The fourth-order valence-corrected chi connectivity index (χ4v) is 3.63. The maximum atomic E-state index is 12.6. The number of amides is 1. The Balaban J connectivity index is 0.00000280. The largest absolute Gasteiger partial charge is 0.325 e. The maximum absolute atomic E-state index is 12.6. The van der Waals surface area contributed by atoms with E-state index in [2.05, 4.69) is 47.0 Å². The zero-order valence-corrected chi connectivity index (χ0v) is 17.4. The summed E-state index contributed by atoms with van der Waals surface area (Å²) in [5.74, 6) is 0.914. The number of halogens is 1. The number of likely N-dealkylation sites (N-methyl/N-ethyl adjacent to an activating group) is 1. The molecule has 0 saturated carbocycles. The number of thioether (sulfide) groups is 1. The average Bonchev–Trinajstić information content (AvgIpc) is 2.73. The Labute approximate surface area is 177 Å². The highest BCUT2D eigenvalue weighted by Gasteiger charge is 2.16. The van der Waals surface area contributed by atoms with E-state index in [0.717, 1.165) is 17.0 Å². The van der Waals surface area contributed by atoms with Crippen molar-refractivity contribution >= 4 is 35.8 Å². The summed E-state index contributed by atoms with van der Waals surface area (Å²) in [6, 6.07) is 28.2. The van der Waals surface area contributed by atoms with Crippen LogP contribution in [0.1, 0.15) is 11.1 Å². The van der Waals surface area contributed by atoms with Crippen molar-refractivity contribution in [3.8, 4) is 0 Å². The van der Waals surface area contributed by atoms with Crippen molar-refractivity contribution in [3.05, 3.63) is 96.1 Å². The lowest BCUT2D eigenvalue weighted by molar-refractivity contribution is -0.118. The van der Waals surface area contributed by atoms with Gasteiger partial charge in [-0.2, -0.15) is 0 Å². The average molecular weight is 413 g/mol. The summed E-state index contributed by atoms with van der Waals surface area (Å²) < 4.78 is 0. The normalized spacial score (nSPS) is 11.3. The van der Waals surface area contributed by atoms with Gasteiger partial charge in [0.05, 0.1) is 6.04 Å². The first-order valence-corrected chi connectivity index (χ1v) is 10.0. The third-order valence-corrected chi connectivity index (χ3v) is 5.40. The highest BCUT2D eigenvalue weighted by Crippen LogP contribution is 2.24. The Hall–Kier alpha value is -2.27. The van der Waals surface area contributed by atoms with Crippen LogP contribution in [-0.2, 0) is 17.0 Å². The van der Waals surface area contributed by atoms with E-state index in [-0.39, 0.29) is 24.4 Å². The van der Waals surface area contributed by atoms with Crippen LogP contribution in [0, 0.1) is 0 Å². The SMILES string of the molecule is CN[C@@H](Cc1ccccc1)C(=O)Nc1ccc(SCc2ccccc2)cc1.Cl. The second-order valence-electron chi connectivity index (χ2n) is 6.32. The number of rotatable bonds is 8. The van der Waals surface area contributed by atoms with Crippen molar-refractivity contribution in [2.24, 2.45) is 0 Å². The Morgan fingerprint density at radius 1 is 0.857 bits per heavy atom. The molecule has 0 radical (unpaired) electrons. The molecule has 0 aromatic heterocycles. The van der Waals surface area contributed by atoms with Gasteiger partial charge in [-0.05, 0) is 48.9 Å². The Morgan fingerprint density at radius 3 is 2.00 bits per heavy atom. The molecule has 146 valence electrons. The van der Waals surface area contributed by atoms with Crippen LogP contribution >= 0.6 is 24.2 Å². The van der Waals surface area contributed by atoms with Gasteiger partial charge < -0.3 is 10.6 Å². The van der Waals surface area contributed by atoms with E-state index in [4.69, 9.17) is 0 Å². The van der Waals surface area contributed by atoms with Crippen molar-refractivity contribution in [1.82, 2.24) is 5.32 Å². The molecule has 0 aliphatic carbocycles. The molecule has 0 heterocycles. The molecule has 3 aromatic carbocycles. The van der Waals surface area contributed by atoms with Crippen LogP contribution in [0.3, 0.4) is 0 Å². The summed E-state index contributed by atoms with van der Waals surface area (Å²) in [7, 11) is 1.82. The first kappa shape index (κ1) is 22.0. The molecule has 1 amide bonds. The van der Waals surface area contributed by atoms with Gasteiger partial charge in [-0.3, -0.25) is 4.79 Å². The molecule has 2 N–H and O–H groups in total. The molecule has 0 spiro atoms. The molecular formula is C23H25ClN2OS. The van der Waals surface area contributed by atoms with Crippen molar-refractivity contribution in [2.75, 3.05) is 12.4 Å². The highest BCUT2D eigenvalue weighted by atomic mass is 35.5. The van der Waals surface area contributed by atoms with Crippen LogP contribution in [0.15, 0.2) is 89.8 Å². The van der Waals surface area contributed by atoms with Crippen molar-refractivity contribution in [2.45, 2.75) is 23.1 Å². The van der Waals surface area contributed by atoms with Crippen molar-refractivity contribution in [3.63, 3.8) is 0 Å². The van der Waals surface area contributed by atoms with E-state index >= 15 is 0 Å². The summed E-state index contributed by atoms with van der Waals surface area (Å²) >= 11 is 1.79. The lowest BCUT2D eigenvalue weighted by atomic mass is 10.1. The molecule has 5 heteroatoms. The fraction of sp³-hybridized carbons (Fsp3) is 0.174. The Bertz CT molecular complexity index is 841. The molecule has 0 unspecified atom stereocenters. The van der Waals surface area contributed by atoms with Crippen molar-refractivity contribution < 1.29 is 4.79 Å². The molecule has 0 bridgehead atoms. The second kappa shape index (κ2) is 11.5. The van der Waals surface area contributed by atoms with E-state index in [1.807, 2.05) is 55.6 Å². The first-order chi connectivity index (χ1) is 13.2. The summed E-state index contributed by atoms with van der Waals surface area (Å²) in [4.78, 5) is 13.8. The third-order valence-electron chi connectivity index (χ3n) is 4.32. The zero-order chi connectivity index (χ0) is 18.9.